The van der Waals surface area contributed by atoms with Crippen LogP contribution in [0.1, 0.15) is 21.7 Å². The van der Waals surface area contributed by atoms with E-state index in [1.165, 1.54) is 22.7 Å². The summed E-state index contributed by atoms with van der Waals surface area (Å²) in [5, 5.41) is 1.38. The highest BCUT2D eigenvalue weighted by atomic mass is 35.5. The number of carbonyl (C=O) groups is 1. The van der Waals surface area contributed by atoms with Crippen LogP contribution in [-0.2, 0) is 4.74 Å². The number of benzene rings is 1. The molecule has 1 fully saturated rings. The lowest BCUT2D eigenvalue weighted by atomic mass is 10.2. The van der Waals surface area contributed by atoms with Crippen molar-refractivity contribution in [3.05, 3.63) is 44.1 Å². The Kier molecular flexibility index (Phi) is 6.73. The summed E-state index contributed by atoms with van der Waals surface area (Å²) in [5.41, 5.74) is 1.79. The van der Waals surface area contributed by atoms with Crippen LogP contribution in [0.25, 0.3) is 10.2 Å². The lowest BCUT2D eigenvalue weighted by Gasteiger charge is -2.27. The van der Waals surface area contributed by atoms with E-state index in [0.717, 1.165) is 55.0 Å². The van der Waals surface area contributed by atoms with Gasteiger partial charge < -0.3 is 4.74 Å². The molecule has 0 aliphatic carbocycles. The molecule has 9 heteroatoms. The fourth-order valence-corrected chi connectivity index (χ4v) is 5.52. The standard InChI is InChI=1S/C20H21Cl2N3O2S2/c1-13-14(21)3-4-15-18(13)23-20(29-15)25(19(26)16-5-6-17(22)28-16)8-2-7-24-9-11-27-12-10-24/h3-6H,2,7-12H2,1H3. The summed E-state index contributed by atoms with van der Waals surface area (Å²) in [6, 6.07) is 7.38. The summed E-state index contributed by atoms with van der Waals surface area (Å²) < 4.78 is 7.04. The molecular weight excluding hydrogens is 449 g/mol. The SMILES string of the molecule is Cc1c(Cl)ccc2sc(N(CCCN3CCOCC3)C(=O)c3ccc(Cl)s3)nc12. The van der Waals surface area contributed by atoms with Gasteiger partial charge in [0.1, 0.15) is 0 Å². The number of ether oxygens (including phenoxy) is 1. The molecule has 1 aliphatic heterocycles. The molecular formula is C20H21Cl2N3O2S2. The molecule has 0 saturated carbocycles. The third-order valence-corrected chi connectivity index (χ3v) is 7.63. The molecule has 2 aromatic heterocycles. The minimum Gasteiger partial charge on any atom is -0.379 e. The number of aromatic nitrogens is 1. The summed E-state index contributed by atoms with van der Waals surface area (Å²) in [6.07, 6.45) is 0.862. The first-order chi connectivity index (χ1) is 14.0. The normalized spacial score (nSPS) is 15.1. The number of carbonyl (C=O) groups excluding carboxylic acids is 1. The summed E-state index contributed by atoms with van der Waals surface area (Å²) >= 11 is 15.1. The molecule has 0 radical (unpaired) electrons. The number of aryl methyl sites for hydroxylation is 1. The molecule has 1 aromatic carbocycles. The average Bonchev–Trinajstić information content (AvgIpc) is 3.35. The third kappa shape index (κ3) is 4.76. The highest BCUT2D eigenvalue weighted by Crippen LogP contribution is 2.35. The number of fused-ring (bicyclic) bond motifs is 1. The average molecular weight is 470 g/mol. The van der Waals surface area contributed by atoms with Gasteiger partial charge in [-0.25, -0.2) is 4.98 Å². The Balaban J connectivity index is 1.58. The van der Waals surface area contributed by atoms with Crippen LogP contribution in [0.4, 0.5) is 5.13 Å². The zero-order valence-corrected chi connectivity index (χ0v) is 19.1. The minimum absolute atomic E-state index is 0.0633. The van der Waals surface area contributed by atoms with Crippen molar-refractivity contribution < 1.29 is 9.53 Å². The van der Waals surface area contributed by atoms with Crippen LogP contribution in [0.15, 0.2) is 24.3 Å². The predicted octanol–water partition coefficient (Wildman–Crippen LogP) is 5.34. The maximum absolute atomic E-state index is 13.3. The predicted molar refractivity (Wildman–Crippen MR) is 122 cm³/mol. The van der Waals surface area contributed by atoms with Gasteiger partial charge in [-0.15, -0.1) is 11.3 Å². The minimum atomic E-state index is -0.0633. The molecule has 154 valence electrons. The second-order valence-corrected chi connectivity index (χ2v) is 10.0. The number of amides is 1. The van der Waals surface area contributed by atoms with Crippen LogP contribution in [0.2, 0.25) is 9.36 Å². The molecule has 0 N–H and O–H groups in total. The van der Waals surface area contributed by atoms with Gasteiger partial charge >= 0.3 is 0 Å². The van der Waals surface area contributed by atoms with E-state index >= 15 is 0 Å². The van der Waals surface area contributed by atoms with Crippen LogP contribution in [0, 0.1) is 6.92 Å². The zero-order chi connectivity index (χ0) is 20.4. The molecule has 0 atom stereocenters. The Morgan fingerprint density at radius 1 is 1.21 bits per heavy atom. The second-order valence-electron chi connectivity index (χ2n) is 6.88. The Labute approximate surface area is 187 Å². The Bertz CT molecular complexity index is 1010. The Hall–Kier alpha value is -1.22. The quantitative estimate of drug-likeness (QED) is 0.488. The van der Waals surface area contributed by atoms with Crippen molar-refractivity contribution >= 4 is 67.1 Å². The van der Waals surface area contributed by atoms with E-state index in [1.54, 1.807) is 17.0 Å². The zero-order valence-electron chi connectivity index (χ0n) is 16.0. The molecule has 1 aliphatic rings. The lowest BCUT2D eigenvalue weighted by Crippen LogP contribution is -2.39. The van der Waals surface area contributed by atoms with Crippen molar-refractivity contribution in [3.63, 3.8) is 0 Å². The Morgan fingerprint density at radius 2 is 2.00 bits per heavy atom. The largest absolute Gasteiger partial charge is 0.379 e. The smallest absolute Gasteiger partial charge is 0.270 e. The lowest BCUT2D eigenvalue weighted by molar-refractivity contribution is 0.0376. The number of rotatable bonds is 6. The Morgan fingerprint density at radius 3 is 2.72 bits per heavy atom. The second kappa shape index (κ2) is 9.29. The van der Waals surface area contributed by atoms with E-state index < -0.39 is 0 Å². The number of thiazole rings is 1. The van der Waals surface area contributed by atoms with E-state index in [4.69, 9.17) is 32.9 Å². The first kappa shape index (κ1) is 21.0. The number of anilines is 1. The maximum atomic E-state index is 13.3. The van der Waals surface area contributed by atoms with E-state index in [1.807, 2.05) is 19.1 Å². The van der Waals surface area contributed by atoms with Crippen LogP contribution in [0.5, 0.6) is 0 Å². The van der Waals surface area contributed by atoms with Gasteiger partial charge in [-0.3, -0.25) is 14.6 Å². The number of morpholine rings is 1. The van der Waals surface area contributed by atoms with Gasteiger partial charge in [-0.05, 0) is 43.2 Å². The van der Waals surface area contributed by atoms with Gasteiger partial charge in [-0.1, -0.05) is 34.5 Å². The molecule has 5 nitrogen and oxygen atoms in total. The molecule has 0 bridgehead atoms. The third-order valence-electron chi connectivity index (χ3n) is 4.96. The van der Waals surface area contributed by atoms with Crippen molar-refractivity contribution in [1.82, 2.24) is 9.88 Å². The summed E-state index contributed by atoms with van der Waals surface area (Å²) in [6.45, 7) is 6.90. The van der Waals surface area contributed by atoms with Crippen LogP contribution < -0.4 is 4.90 Å². The summed E-state index contributed by atoms with van der Waals surface area (Å²) in [7, 11) is 0. The number of hydrogen-bond donors (Lipinski definition) is 0. The molecule has 1 amide bonds. The van der Waals surface area contributed by atoms with Gasteiger partial charge in [0, 0.05) is 31.2 Å². The van der Waals surface area contributed by atoms with Gasteiger partial charge in [0.15, 0.2) is 5.13 Å². The van der Waals surface area contributed by atoms with Gasteiger partial charge in [0.25, 0.3) is 5.91 Å². The van der Waals surface area contributed by atoms with Crippen molar-refractivity contribution in [2.75, 3.05) is 44.3 Å². The van der Waals surface area contributed by atoms with E-state index in [0.29, 0.717) is 25.9 Å². The summed E-state index contributed by atoms with van der Waals surface area (Å²) in [5.74, 6) is -0.0633. The molecule has 1 saturated heterocycles. The fraction of sp³-hybridized carbons (Fsp3) is 0.400. The van der Waals surface area contributed by atoms with E-state index in [-0.39, 0.29) is 5.91 Å². The van der Waals surface area contributed by atoms with Crippen LogP contribution in [-0.4, -0.2) is 55.2 Å². The summed E-state index contributed by atoms with van der Waals surface area (Å²) in [4.78, 5) is 22.8. The molecule has 3 heterocycles. The molecule has 3 aromatic rings. The van der Waals surface area contributed by atoms with Gasteiger partial charge in [0.05, 0.1) is 32.6 Å². The molecule has 0 unspecified atom stereocenters. The number of nitrogens with zero attached hydrogens (tertiary/aromatic N) is 3. The number of hydrogen-bond acceptors (Lipinski definition) is 6. The maximum Gasteiger partial charge on any atom is 0.270 e. The van der Waals surface area contributed by atoms with Gasteiger partial charge in [-0.2, -0.15) is 0 Å². The van der Waals surface area contributed by atoms with E-state index in [9.17, 15) is 4.79 Å². The van der Waals surface area contributed by atoms with E-state index in [2.05, 4.69) is 4.90 Å². The molecule has 0 spiro atoms. The van der Waals surface area contributed by atoms with Crippen molar-refractivity contribution in [2.24, 2.45) is 0 Å². The topological polar surface area (TPSA) is 45.7 Å². The van der Waals surface area contributed by atoms with Crippen LogP contribution >= 0.6 is 45.9 Å². The first-order valence-corrected chi connectivity index (χ1v) is 11.8. The first-order valence-electron chi connectivity index (χ1n) is 9.46. The monoisotopic (exact) mass is 469 g/mol. The number of halogens is 2. The van der Waals surface area contributed by atoms with Crippen LogP contribution in [0.3, 0.4) is 0 Å². The fourth-order valence-electron chi connectivity index (χ4n) is 3.33. The molecule has 29 heavy (non-hydrogen) atoms. The van der Waals surface area contributed by atoms with Crippen molar-refractivity contribution in [3.8, 4) is 0 Å². The van der Waals surface area contributed by atoms with Crippen molar-refractivity contribution in [2.45, 2.75) is 13.3 Å². The number of thiophene rings is 1. The highest BCUT2D eigenvalue weighted by molar-refractivity contribution is 7.22. The van der Waals surface area contributed by atoms with Gasteiger partial charge in [0.2, 0.25) is 0 Å². The van der Waals surface area contributed by atoms with Crippen molar-refractivity contribution in [1.29, 1.82) is 0 Å². The molecule has 4 rings (SSSR count). The highest BCUT2D eigenvalue weighted by Gasteiger charge is 2.23.